The van der Waals surface area contributed by atoms with Gasteiger partial charge < -0.3 is 0 Å². The minimum absolute atomic E-state index is 0.0257. The fourth-order valence-corrected chi connectivity index (χ4v) is 4.37. The van der Waals surface area contributed by atoms with Gasteiger partial charge in [-0.2, -0.15) is 0 Å². The van der Waals surface area contributed by atoms with Crippen molar-refractivity contribution in [1.82, 2.24) is 0 Å². The highest BCUT2D eigenvalue weighted by Crippen LogP contribution is 2.46. The number of nitrogens with zero attached hydrogens (tertiary/aromatic N) is 2. The number of Topliss-reactive ketones (excluding diaryl/α,β-unsaturated/α-hetero) is 1. The van der Waals surface area contributed by atoms with Crippen LogP contribution in [0.2, 0.25) is 5.02 Å². The summed E-state index contributed by atoms with van der Waals surface area (Å²) < 4.78 is 0. The Hall–Kier alpha value is -2.99. The van der Waals surface area contributed by atoms with Gasteiger partial charge in [-0.1, -0.05) is 41.9 Å². The molecule has 0 fully saturated rings. The summed E-state index contributed by atoms with van der Waals surface area (Å²) in [6.45, 7) is 0. The van der Waals surface area contributed by atoms with Gasteiger partial charge in [-0.05, 0) is 30.5 Å². The summed E-state index contributed by atoms with van der Waals surface area (Å²) in [5, 5.41) is 12.0. The van der Waals surface area contributed by atoms with Gasteiger partial charge >= 0.3 is 0 Å². The van der Waals surface area contributed by atoms with E-state index in [2.05, 4.69) is 0 Å². The van der Waals surface area contributed by atoms with Gasteiger partial charge in [0.2, 0.25) is 5.91 Å². The summed E-state index contributed by atoms with van der Waals surface area (Å²) in [7, 11) is 0. The second kappa shape index (κ2) is 7.20. The van der Waals surface area contributed by atoms with E-state index in [1.807, 2.05) is 12.1 Å². The maximum atomic E-state index is 13.1. The minimum Gasteiger partial charge on any atom is -0.294 e. The van der Waals surface area contributed by atoms with E-state index in [1.54, 1.807) is 30.3 Å². The Bertz CT molecular complexity index is 1030. The van der Waals surface area contributed by atoms with Gasteiger partial charge in [0.05, 0.1) is 4.92 Å². The predicted molar refractivity (Wildman–Crippen MR) is 105 cm³/mol. The molecule has 6 nitrogen and oxygen atoms in total. The fourth-order valence-electron chi connectivity index (χ4n) is 4.10. The van der Waals surface area contributed by atoms with Gasteiger partial charge in [-0.3, -0.25) is 24.6 Å². The fraction of sp³-hybridized carbons (Fsp3) is 0.238. The van der Waals surface area contributed by atoms with Crippen LogP contribution in [-0.4, -0.2) is 16.6 Å². The first-order valence-corrected chi connectivity index (χ1v) is 9.44. The molecule has 1 heterocycles. The van der Waals surface area contributed by atoms with E-state index >= 15 is 0 Å². The van der Waals surface area contributed by atoms with Crippen molar-refractivity contribution in [3.05, 3.63) is 80.5 Å². The van der Waals surface area contributed by atoms with Gasteiger partial charge in [-0.25, -0.2) is 0 Å². The zero-order valence-electron chi connectivity index (χ0n) is 14.9. The summed E-state index contributed by atoms with van der Waals surface area (Å²) in [6.07, 6.45) is 1.57. The third kappa shape index (κ3) is 2.99. The maximum absolute atomic E-state index is 13.1. The standard InChI is InChI=1S/C21H17ClN2O4/c22-15-7-2-1-6-13(15)14-12-20(26)23(18-10-5-11-19(25)21(14)18)16-8-3-4-9-17(16)24(27)28/h1-4,6-9,14H,5,10-12H2. The monoisotopic (exact) mass is 396 g/mol. The molecule has 142 valence electrons. The summed E-state index contributed by atoms with van der Waals surface area (Å²) in [4.78, 5) is 38.4. The highest BCUT2D eigenvalue weighted by molar-refractivity contribution is 6.31. The van der Waals surface area contributed by atoms with Crippen LogP contribution in [0.25, 0.3) is 0 Å². The average molecular weight is 397 g/mol. The van der Waals surface area contributed by atoms with E-state index in [0.29, 0.717) is 35.6 Å². The Morgan fingerprint density at radius 2 is 1.75 bits per heavy atom. The zero-order chi connectivity index (χ0) is 19.8. The lowest BCUT2D eigenvalue weighted by atomic mass is 9.77. The number of anilines is 1. The lowest BCUT2D eigenvalue weighted by molar-refractivity contribution is -0.384. The first-order valence-electron chi connectivity index (χ1n) is 9.06. The number of amides is 1. The number of carbonyl (C=O) groups is 2. The molecule has 0 bridgehead atoms. The number of ketones is 1. The second-order valence-corrected chi connectivity index (χ2v) is 7.30. The highest BCUT2D eigenvalue weighted by Gasteiger charge is 2.41. The molecule has 1 atom stereocenters. The van der Waals surface area contributed by atoms with Gasteiger partial charge in [0.15, 0.2) is 5.78 Å². The van der Waals surface area contributed by atoms with Crippen molar-refractivity contribution in [2.75, 3.05) is 4.90 Å². The number of benzene rings is 2. The van der Waals surface area contributed by atoms with Crippen LogP contribution in [-0.2, 0) is 9.59 Å². The van der Waals surface area contributed by atoms with Crippen LogP contribution < -0.4 is 4.90 Å². The molecule has 7 heteroatoms. The van der Waals surface area contributed by atoms with Crippen molar-refractivity contribution in [3.63, 3.8) is 0 Å². The Kier molecular flexibility index (Phi) is 4.73. The molecule has 28 heavy (non-hydrogen) atoms. The SMILES string of the molecule is O=C1CCCC2=C1C(c1ccccc1Cl)CC(=O)N2c1ccccc1[N+](=O)[O-]. The van der Waals surface area contributed by atoms with E-state index < -0.39 is 10.8 Å². The van der Waals surface area contributed by atoms with Crippen LogP contribution >= 0.6 is 11.6 Å². The summed E-state index contributed by atoms with van der Waals surface area (Å²) in [6, 6.07) is 13.3. The normalized spacial score (nSPS) is 19.6. The summed E-state index contributed by atoms with van der Waals surface area (Å²) in [5.74, 6) is -0.724. The smallest absolute Gasteiger partial charge is 0.293 e. The van der Waals surface area contributed by atoms with E-state index in [4.69, 9.17) is 11.6 Å². The number of nitro benzene ring substituents is 1. The van der Waals surface area contributed by atoms with E-state index in [9.17, 15) is 19.7 Å². The number of rotatable bonds is 3. The number of hydrogen-bond acceptors (Lipinski definition) is 4. The molecule has 0 saturated heterocycles. The Morgan fingerprint density at radius 3 is 2.50 bits per heavy atom. The van der Waals surface area contributed by atoms with Crippen LogP contribution in [0.1, 0.15) is 37.2 Å². The molecule has 2 aliphatic rings. The zero-order valence-corrected chi connectivity index (χ0v) is 15.7. The first kappa shape index (κ1) is 18.4. The number of carbonyl (C=O) groups excluding carboxylic acids is 2. The number of halogens is 1. The largest absolute Gasteiger partial charge is 0.294 e. The Labute approximate surface area is 166 Å². The van der Waals surface area contributed by atoms with Gasteiger partial charge in [0.1, 0.15) is 5.69 Å². The van der Waals surface area contributed by atoms with Crippen molar-refractivity contribution in [3.8, 4) is 0 Å². The number of allylic oxidation sites excluding steroid dienone is 2. The molecule has 2 aromatic rings. The predicted octanol–water partition coefficient (Wildman–Crippen LogP) is 4.78. The quantitative estimate of drug-likeness (QED) is 0.552. The van der Waals surface area contributed by atoms with Crippen LogP contribution in [0.15, 0.2) is 59.8 Å². The van der Waals surface area contributed by atoms with Gasteiger partial charge in [0.25, 0.3) is 5.69 Å². The van der Waals surface area contributed by atoms with E-state index in [0.717, 1.165) is 5.56 Å². The topological polar surface area (TPSA) is 80.5 Å². The molecule has 1 aliphatic carbocycles. The lowest BCUT2D eigenvalue weighted by Gasteiger charge is -2.38. The average Bonchev–Trinajstić information content (AvgIpc) is 2.68. The first-order chi connectivity index (χ1) is 13.5. The van der Waals surface area contributed by atoms with Gasteiger partial charge in [0, 0.05) is 41.1 Å². The molecule has 0 aromatic heterocycles. The molecular formula is C21H17ClN2O4. The molecule has 0 N–H and O–H groups in total. The minimum atomic E-state index is -0.506. The molecule has 1 amide bonds. The summed E-state index contributed by atoms with van der Waals surface area (Å²) in [5.41, 5.74) is 1.90. The van der Waals surface area contributed by atoms with E-state index in [-0.39, 0.29) is 29.5 Å². The van der Waals surface area contributed by atoms with Crippen molar-refractivity contribution >= 4 is 34.7 Å². The van der Waals surface area contributed by atoms with Crippen molar-refractivity contribution < 1.29 is 14.5 Å². The van der Waals surface area contributed by atoms with Crippen LogP contribution in [0.4, 0.5) is 11.4 Å². The molecule has 0 radical (unpaired) electrons. The van der Waals surface area contributed by atoms with Crippen molar-refractivity contribution in [2.45, 2.75) is 31.6 Å². The van der Waals surface area contributed by atoms with Crippen molar-refractivity contribution in [2.24, 2.45) is 0 Å². The molecular weight excluding hydrogens is 380 g/mol. The second-order valence-electron chi connectivity index (χ2n) is 6.89. The number of nitro groups is 1. The number of hydrogen-bond donors (Lipinski definition) is 0. The third-order valence-electron chi connectivity index (χ3n) is 5.28. The molecule has 1 unspecified atom stereocenters. The van der Waals surface area contributed by atoms with Crippen molar-refractivity contribution in [1.29, 1.82) is 0 Å². The maximum Gasteiger partial charge on any atom is 0.293 e. The summed E-state index contributed by atoms with van der Waals surface area (Å²) >= 11 is 6.36. The molecule has 0 saturated carbocycles. The molecule has 0 spiro atoms. The molecule has 2 aromatic carbocycles. The number of para-hydroxylation sites is 2. The molecule has 1 aliphatic heterocycles. The Balaban J connectivity index is 1.92. The van der Waals surface area contributed by atoms with Gasteiger partial charge in [-0.15, -0.1) is 0 Å². The lowest BCUT2D eigenvalue weighted by Crippen LogP contribution is -2.40. The van der Waals surface area contributed by atoms with Crippen LogP contribution in [0.3, 0.4) is 0 Å². The Morgan fingerprint density at radius 1 is 1.04 bits per heavy atom. The van der Waals surface area contributed by atoms with E-state index in [1.165, 1.54) is 11.0 Å². The third-order valence-corrected chi connectivity index (χ3v) is 5.62. The van der Waals surface area contributed by atoms with Crippen LogP contribution in [0, 0.1) is 10.1 Å². The highest BCUT2D eigenvalue weighted by atomic mass is 35.5. The van der Waals surface area contributed by atoms with Crippen LogP contribution in [0.5, 0.6) is 0 Å². The molecule has 4 rings (SSSR count).